The highest BCUT2D eigenvalue weighted by Gasteiger charge is 2.74. The number of hydrogen-bond acceptors (Lipinski definition) is 6. The monoisotopic (exact) mass is 564 g/mol. The molecule has 0 aromatic heterocycles. The maximum Gasteiger partial charge on any atom is 0.253 e. The van der Waals surface area contributed by atoms with Gasteiger partial charge in [0.25, 0.3) is 5.91 Å². The minimum Gasteiger partial charge on any atom is -0.396 e. The van der Waals surface area contributed by atoms with Gasteiger partial charge in [0.15, 0.2) is 0 Å². The van der Waals surface area contributed by atoms with Crippen LogP contribution in [0.25, 0.3) is 0 Å². The van der Waals surface area contributed by atoms with Crippen LogP contribution in [0, 0.1) is 11.8 Å². The number of nitrogens with zero attached hydrogens (tertiary/aromatic N) is 4. The van der Waals surface area contributed by atoms with Gasteiger partial charge in [-0.15, -0.1) is 0 Å². The second-order valence-corrected chi connectivity index (χ2v) is 11.7. The Morgan fingerprint density at radius 1 is 0.902 bits per heavy atom. The van der Waals surface area contributed by atoms with Crippen LogP contribution in [-0.2, 0) is 19.1 Å². The maximum absolute atomic E-state index is 14.5. The zero-order valence-corrected chi connectivity index (χ0v) is 24.8. The molecule has 4 aliphatic heterocycles. The Morgan fingerprint density at radius 2 is 1.61 bits per heavy atom. The molecule has 41 heavy (non-hydrogen) atoms. The first kappa shape index (κ1) is 29.3. The molecule has 4 aliphatic rings. The molecule has 0 saturated carbocycles. The fourth-order valence-corrected chi connectivity index (χ4v) is 7.34. The van der Waals surface area contributed by atoms with Gasteiger partial charge in [0.05, 0.1) is 17.4 Å². The first-order chi connectivity index (χ1) is 19.8. The van der Waals surface area contributed by atoms with Crippen LogP contribution >= 0.6 is 0 Å². The lowest BCUT2D eigenvalue weighted by Crippen LogP contribution is -2.56. The molecule has 1 aromatic rings. The zero-order valence-electron chi connectivity index (χ0n) is 24.8. The molecule has 4 heterocycles. The van der Waals surface area contributed by atoms with Crippen molar-refractivity contribution in [3.63, 3.8) is 0 Å². The van der Waals surface area contributed by atoms with Crippen molar-refractivity contribution in [2.75, 3.05) is 55.7 Å². The SMILES string of the molecule is CCCN1CC=C[C@@]2(C)O[C@]34C=CCN(c5ccc(N(CC)CC)cc5)C(=O)C3N(CCCCO)C(=O)[C@@H]4[C@H]2C1=O. The Labute approximate surface area is 243 Å². The van der Waals surface area contributed by atoms with Crippen molar-refractivity contribution in [2.45, 2.75) is 64.2 Å². The minimum atomic E-state index is -1.27. The number of likely N-dealkylation sites (tertiary alicyclic amines) is 1. The van der Waals surface area contributed by atoms with Crippen LogP contribution in [0.5, 0.6) is 0 Å². The van der Waals surface area contributed by atoms with E-state index in [4.69, 9.17) is 4.74 Å². The Morgan fingerprint density at radius 3 is 2.27 bits per heavy atom. The summed E-state index contributed by atoms with van der Waals surface area (Å²) in [6, 6.07) is 7.05. The first-order valence-corrected chi connectivity index (χ1v) is 15.2. The van der Waals surface area contributed by atoms with Gasteiger partial charge in [-0.3, -0.25) is 14.4 Å². The van der Waals surface area contributed by atoms with E-state index in [1.165, 1.54) is 0 Å². The molecule has 0 radical (unpaired) electrons. The van der Waals surface area contributed by atoms with Crippen LogP contribution in [0.3, 0.4) is 0 Å². The van der Waals surface area contributed by atoms with E-state index in [1.54, 1.807) is 14.7 Å². The normalized spacial score (nSPS) is 30.8. The fraction of sp³-hybridized carbons (Fsp3) is 0.594. The van der Waals surface area contributed by atoms with Gasteiger partial charge in [0.1, 0.15) is 11.6 Å². The third-order valence-electron chi connectivity index (χ3n) is 9.23. The summed E-state index contributed by atoms with van der Waals surface area (Å²) in [4.78, 5) is 50.3. The topological polar surface area (TPSA) is 93.6 Å². The third-order valence-corrected chi connectivity index (χ3v) is 9.23. The Hall–Kier alpha value is -3.17. The van der Waals surface area contributed by atoms with E-state index >= 15 is 0 Å². The quantitative estimate of drug-likeness (QED) is 0.347. The highest BCUT2D eigenvalue weighted by atomic mass is 16.5. The Kier molecular flexibility index (Phi) is 8.30. The van der Waals surface area contributed by atoms with Gasteiger partial charge in [-0.2, -0.15) is 0 Å². The van der Waals surface area contributed by atoms with Gasteiger partial charge in [0, 0.05) is 57.3 Å². The molecule has 0 bridgehead atoms. The summed E-state index contributed by atoms with van der Waals surface area (Å²) in [6.07, 6.45) is 9.56. The van der Waals surface area contributed by atoms with E-state index in [2.05, 4.69) is 18.7 Å². The van der Waals surface area contributed by atoms with E-state index in [-0.39, 0.29) is 24.3 Å². The van der Waals surface area contributed by atoms with E-state index in [1.807, 2.05) is 62.4 Å². The third kappa shape index (κ3) is 4.77. The summed E-state index contributed by atoms with van der Waals surface area (Å²) in [7, 11) is 0. The van der Waals surface area contributed by atoms with E-state index < -0.39 is 29.1 Å². The molecule has 1 aromatic carbocycles. The van der Waals surface area contributed by atoms with Gasteiger partial charge in [-0.25, -0.2) is 0 Å². The lowest BCUT2D eigenvalue weighted by molar-refractivity contribution is -0.148. The molecule has 1 N–H and O–H groups in total. The van der Waals surface area contributed by atoms with Crippen LogP contribution < -0.4 is 9.80 Å². The number of hydrogen-bond donors (Lipinski definition) is 1. The summed E-state index contributed by atoms with van der Waals surface area (Å²) in [5, 5.41) is 9.44. The summed E-state index contributed by atoms with van der Waals surface area (Å²) >= 11 is 0. The molecule has 2 saturated heterocycles. The number of unbranched alkanes of at least 4 members (excludes halogenated alkanes) is 1. The Balaban J connectivity index is 1.56. The molecular weight excluding hydrogens is 520 g/mol. The van der Waals surface area contributed by atoms with Crippen LogP contribution in [0.15, 0.2) is 48.6 Å². The van der Waals surface area contributed by atoms with Gasteiger partial charge >= 0.3 is 0 Å². The van der Waals surface area contributed by atoms with Crippen molar-refractivity contribution in [1.29, 1.82) is 0 Å². The number of anilines is 2. The van der Waals surface area contributed by atoms with Gasteiger partial charge in [-0.1, -0.05) is 31.2 Å². The molecule has 5 rings (SSSR count). The van der Waals surface area contributed by atoms with Crippen molar-refractivity contribution in [2.24, 2.45) is 11.8 Å². The summed E-state index contributed by atoms with van der Waals surface area (Å²) < 4.78 is 6.88. The number of amides is 3. The molecule has 1 spiro atoms. The van der Waals surface area contributed by atoms with Crippen LogP contribution in [0.4, 0.5) is 11.4 Å². The first-order valence-electron chi connectivity index (χ1n) is 15.2. The van der Waals surface area contributed by atoms with Gasteiger partial charge in [0.2, 0.25) is 11.8 Å². The molecule has 1 unspecified atom stereocenters. The standard InChI is InChI=1S/C32H44N4O5/c1-5-18-34-19-10-16-31(4)25(28(34)38)26-29(39)36(20-8-9-22-37)27-30(40)35(21-11-17-32(26,27)41-31)24-14-12-23(13-15-24)33(6-2)7-3/h10-17,25-27,37H,5-9,18-22H2,1-4H3/t25-,26-,27?,31+,32-/m0/s1. The number of carbonyl (C=O) groups excluding carboxylic acids is 3. The Bertz CT molecular complexity index is 1210. The average molecular weight is 565 g/mol. The molecular formula is C32H44N4O5. The van der Waals surface area contributed by atoms with E-state index in [0.29, 0.717) is 39.0 Å². The average Bonchev–Trinajstić information content (AvgIpc) is 3.23. The highest BCUT2D eigenvalue weighted by Crippen LogP contribution is 2.57. The molecule has 9 nitrogen and oxygen atoms in total. The number of aliphatic hydroxyl groups excluding tert-OH is 1. The van der Waals surface area contributed by atoms with Gasteiger partial charge in [-0.05, 0) is 64.3 Å². The van der Waals surface area contributed by atoms with E-state index in [9.17, 15) is 19.5 Å². The number of aliphatic hydroxyl groups is 1. The zero-order chi connectivity index (χ0) is 29.4. The molecule has 9 heteroatoms. The van der Waals surface area contributed by atoms with Crippen molar-refractivity contribution in [1.82, 2.24) is 9.80 Å². The molecule has 2 fully saturated rings. The maximum atomic E-state index is 14.5. The largest absolute Gasteiger partial charge is 0.396 e. The molecule has 0 aliphatic carbocycles. The summed E-state index contributed by atoms with van der Waals surface area (Å²) in [5.41, 5.74) is -0.440. The summed E-state index contributed by atoms with van der Waals surface area (Å²) in [6.45, 7) is 11.6. The molecule has 222 valence electrons. The predicted molar refractivity (Wildman–Crippen MR) is 159 cm³/mol. The van der Waals surface area contributed by atoms with Crippen LogP contribution in [0.2, 0.25) is 0 Å². The predicted octanol–water partition coefficient (Wildman–Crippen LogP) is 2.99. The fourth-order valence-electron chi connectivity index (χ4n) is 7.34. The number of benzene rings is 1. The molecule has 5 atom stereocenters. The minimum absolute atomic E-state index is 0.00653. The van der Waals surface area contributed by atoms with Gasteiger partial charge < -0.3 is 29.4 Å². The number of fused-ring (bicyclic) bond motifs is 2. The highest BCUT2D eigenvalue weighted by molar-refractivity contribution is 6.06. The number of carbonyl (C=O) groups is 3. The second kappa shape index (κ2) is 11.6. The number of ether oxygens (including phenoxy) is 1. The van der Waals surface area contributed by atoms with Crippen molar-refractivity contribution < 1.29 is 24.2 Å². The molecule has 3 amide bonds. The van der Waals surface area contributed by atoms with Crippen molar-refractivity contribution in [3.8, 4) is 0 Å². The summed E-state index contributed by atoms with van der Waals surface area (Å²) in [5.74, 6) is -2.08. The van der Waals surface area contributed by atoms with E-state index in [0.717, 1.165) is 30.9 Å². The lowest BCUT2D eigenvalue weighted by Gasteiger charge is -2.37. The van der Waals surface area contributed by atoms with Crippen molar-refractivity contribution in [3.05, 3.63) is 48.6 Å². The van der Waals surface area contributed by atoms with Crippen LogP contribution in [-0.4, -0.2) is 95.7 Å². The lowest BCUT2D eigenvalue weighted by atomic mass is 9.74. The number of rotatable bonds is 10. The second-order valence-electron chi connectivity index (χ2n) is 11.7. The van der Waals surface area contributed by atoms with Crippen molar-refractivity contribution >= 4 is 29.1 Å². The van der Waals surface area contributed by atoms with Crippen LogP contribution in [0.1, 0.15) is 47.0 Å². The smallest absolute Gasteiger partial charge is 0.253 e.